The van der Waals surface area contributed by atoms with Crippen molar-refractivity contribution in [3.05, 3.63) is 77.9 Å². The molecule has 3 heterocycles. The van der Waals surface area contributed by atoms with Crippen LogP contribution in [-0.2, 0) is 9.84 Å². The first-order valence-corrected chi connectivity index (χ1v) is 11.3. The van der Waals surface area contributed by atoms with Crippen molar-refractivity contribution < 1.29 is 13.2 Å². The van der Waals surface area contributed by atoms with Crippen LogP contribution in [-0.4, -0.2) is 58.6 Å². The summed E-state index contributed by atoms with van der Waals surface area (Å²) >= 11 is 0. The molecule has 1 amide bonds. The molecule has 2 aromatic heterocycles. The number of nitrogens with zero attached hydrogens (tertiary/aromatic N) is 4. The highest BCUT2D eigenvalue weighted by Gasteiger charge is 2.33. The highest BCUT2D eigenvalue weighted by Crippen LogP contribution is 2.21. The second kappa shape index (κ2) is 8.13. The van der Waals surface area contributed by atoms with E-state index in [1.807, 2.05) is 24.3 Å². The van der Waals surface area contributed by atoms with Crippen LogP contribution < -0.4 is 0 Å². The Morgan fingerprint density at radius 3 is 2.70 bits per heavy atom. The van der Waals surface area contributed by atoms with E-state index in [9.17, 15) is 13.2 Å². The first-order chi connectivity index (χ1) is 14.4. The molecule has 0 radical (unpaired) electrons. The van der Waals surface area contributed by atoms with Crippen molar-refractivity contribution in [3.63, 3.8) is 0 Å². The van der Waals surface area contributed by atoms with E-state index in [0.717, 1.165) is 5.69 Å². The minimum absolute atomic E-state index is 0.00689. The van der Waals surface area contributed by atoms with Gasteiger partial charge in [-0.05, 0) is 48.7 Å². The van der Waals surface area contributed by atoms with Crippen molar-refractivity contribution in [1.29, 1.82) is 0 Å². The maximum atomic E-state index is 13.0. The summed E-state index contributed by atoms with van der Waals surface area (Å²) in [6.45, 7) is 0. The van der Waals surface area contributed by atoms with Gasteiger partial charge < -0.3 is 4.90 Å². The smallest absolute Gasteiger partial charge is 0.253 e. The molecule has 1 aromatic carbocycles. The molecule has 152 valence electrons. The highest BCUT2D eigenvalue weighted by atomic mass is 32.2. The SMILES string of the molecule is CN(C(=O)c1ccc(-n2cccn2)c(C#Cc2ccccn2)c1)C1CCS(=O)(=O)C1. The van der Waals surface area contributed by atoms with Crippen molar-refractivity contribution in [2.45, 2.75) is 12.5 Å². The predicted octanol–water partition coefficient (Wildman–Crippen LogP) is 1.93. The third-order valence-electron chi connectivity index (χ3n) is 5.06. The van der Waals surface area contributed by atoms with Crippen LogP contribution in [0.2, 0.25) is 0 Å². The second-order valence-electron chi connectivity index (χ2n) is 7.12. The topological polar surface area (TPSA) is 85.2 Å². The van der Waals surface area contributed by atoms with Crippen molar-refractivity contribution >= 4 is 15.7 Å². The zero-order valence-electron chi connectivity index (χ0n) is 16.4. The summed E-state index contributed by atoms with van der Waals surface area (Å²) in [5.41, 5.74) is 2.44. The summed E-state index contributed by atoms with van der Waals surface area (Å²) in [7, 11) is -1.43. The number of carbonyl (C=O) groups excluding carboxylic acids is 1. The van der Waals surface area contributed by atoms with Crippen LogP contribution in [0.1, 0.15) is 28.0 Å². The van der Waals surface area contributed by atoms with Crippen LogP contribution in [0.5, 0.6) is 0 Å². The summed E-state index contributed by atoms with van der Waals surface area (Å²) in [4.78, 5) is 18.7. The molecule has 1 aliphatic rings. The zero-order chi connectivity index (χ0) is 21.1. The van der Waals surface area contributed by atoms with E-state index in [2.05, 4.69) is 21.9 Å². The van der Waals surface area contributed by atoms with Crippen molar-refractivity contribution in [2.24, 2.45) is 0 Å². The van der Waals surface area contributed by atoms with E-state index in [1.165, 1.54) is 4.90 Å². The minimum atomic E-state index is -3.07. The number of carbonyl (C=O) groups is 1. The molecular formula is C22H20N4O3S. The molecule has 0 saturated carbocycles. The lowest BCUT2D eigenvalue weighted by molar-refractivity contribution is 0.0747. The first-order valence-electron chi connectivity index (χ1n) is 9.48. The second-order valence-corrected chi connectivity index (χ2v) is 9.35. The summed E-state index contributed by atoms with van der Waals surface area (Å²) in [5, 5.41) is 4.26. The third kappa shape index (κ3) is 4.26. The van der Waals surface area contributed by atoms with Crippen molar-refractivity contribution in [1.82, 2.24) is 19.7 Å². The number of pyridine rings is 1. The maximum Gasteiger partial charge on any atom is 0.253 e. The molecule has 8 heteroatoms. The Hall–Kier alpha value is -3.44. The standard InChI is InChI=1S/C22H20N4O3S/c1-25(20-10-14-30(28,29)16-20)22(27)18-7-9-21(26-13-4-12-24-26)17(15-18)6-8-19-5-2-3-11-23-19/h2-5,7,9,11-13,15,20H,10,14,16H2,1H3. The Kier molecular flexibility index (Phi) is 5.38. The van der Waals surface area contributed by atoms with E-state index in [1.54, 1.807) is 48.5 Å². The molecule has 1 aliphatic heterocycles. The summed E-state index contributed by atoms with van der Waals surface area (Å²) in [6.07, 6.45) is 5.60. The third-order valence-corrected chi connectivity index (χ3v) is 6.81. The normalized spacial score (nSPS) is 17.2. The van der Waals surface area contributed by atoms with E-state index in [0.29, 0.717) is 23.2 Å². The summed E-state index contributed by atoms with van der Waals surface area (Å²) in [5.74, 6) is 6.01. The van der Waals surface area contributed by atoms with Gasteiger partial charge in [-0.25, -0.2) is 18.1 Å². The molecule has 30 heavy (non-hydrogen) atoms. The van der Waals surface area contributed by atoms with Crippen LogP contribution in [0.15, 0.2) is 61.1 Å². The largest absolute Gasteiger partial charge is 0.338 e. The Labute approximate surface area is 175 Å². The number of aromatic nitrogens is 3. The number of benzene rings is 1. The monoisotopic (exact) mass is 420 g/mol. The fourth-order valence-corrected chi connectivity index (χ4v) is 5.17. The van der Waals surface area contributed by atoms with Crippen LogP contribution >= 0.6 is 0 Å². The van der Waals surface area contributed by atoms with E-state index in [-0.39, 0.29) is 23.5 Å². The van der Waals surface area contributed by atoms with Gasteiger partial charge in [0.2, 0.25) is 0 Å². The quantitative estimate of drug-likeness (QED) is 0.605. The molecule has 1 atom stereocenters. The molecule has 0 N–H and O–H groups in total. The lowest BCUT2D eigenvalue weighted by Gasteiger charge is -2.23. The van der Waals surface area contributed by atoms with Crippen LogP contribution in [0.3, 0.4) is 0 Å². The van der Waals surface area contributed by atoms with Gasteiger partial charge in [0, 0.05) is 37.2 Å². The zero-order valence-corrected chi connectivity index (χ0v) is 17.2. The average molecular weight is 420 g/mol. The molecule has 4 rings (SSSR count). The molecule has 1 fully saturated rings. The van der Waals surface area contributed by atoms with E-state index < -0.39 is 9.84 Å². The van der Waals surface area contributed by atoms with E-state index >= 15 is 0 Å². The minimum Gasteiger partial charge on any atom is -0.338 e. The van der Waals surface area contributed by atoms with Crippen molar-refractivity contribution in [2.75, 3.05) is 18.6 Å². The molecule has 0 spiro atoms. The van der Waals surface area contributed by atoms with Gasteiger partial charge in [-0.3, -0.25) is 4.79 Å². The maximum absolute atomic E-state index is 13.0. The predicted molar refractivity (Wildman–Crippen MR) is 113 cm³/mol. The summed E-state index contributed by atoms with van der Waals surface area (Å²) < 4.78 is 25.2. The number of hydrogen-bond donors (Lipinski definition) is 0. The van der Waals surface area contributed by atoms with Gasteiger partial charge in [0.15, 0.2) is 9.84 Å². The Morgan fingerprint density at radius 1 is 1.17 bits per heavy atom. The highest BCUT2D eigenvalue weighted by molar-refractivity contribution is 7.91. The Balaban J connectivity index is 1.68. The van der Waals surface area contributed by atoms with E-state index in [4.69, 9.17) is 0 Å². The van der Waals surface area contributed by atoms with Gasteiger partial charge in [0.1, 0.15) is 5.69 Å². The fraction of sp³-hybridized carbons (Fsp3) is 0.227. The lowest BCUT2D eigenvalue weighted by Crippen LogP contribution is -2.37. The number of sulfone groups is 1. The molecule has 0 aliphatic carbocycles. The van der Waals surface area contributed by atoms with Crippen LogP contribution in [0.4, 0.5) is 0 Å². The molecule has 7 nitrogen and oxygen atoms in total. The Bertz CT molecular complexity index is 1230. The Morgan fingerprint density at radius 2 is 2.03 bits per heavy atom. The fourth-order valence-electron chi connectivity index (χ4n) is 3.40. The van der Waals surface area contributed by atoms with Gasteiger partial charge in [-0.2, -0.15) is 5.10 Å². The number of rotatable bonds is 3. The molecule has 3 aromatic rings. The van der Waals surface area contributed by atoms with Gasteiger partial charge in [-0.15, -0.1) is 0 Å². The number of hydrogen-bond acceptors (Lipinski definition) is 5. The van der Waals surface area contributed by atoms with Gasteiger partial charge in [0.25, 0.3) is 5.91 Å². The molecule has 0 bridgehead atoms. The van der Waals surface area contributed by atoms with Crippen LogP contribution in [0, 0.1) is 11.8 Å². The average Bonchev–Trinajstić information content (AvgIpc) is 3.41. The summed E-state index contributed by atoms with van der Waals surface area (Å²) in [6, 6.07) is 12.2. The number of amides is 1. The van der Waals surface area contributed by atoms with Gasteiger partial charge in [-0.1, -0.05) is 12.0 Å². The molecule has 1 saturated heterocycles. The molecule has 1 unspecified atom stereocenters. The van der Waals surface area contributed by atoms with Gasteiger partial charge >= 0.3 is 0 Å². The van der Waals surface area contributed by atoms with Crippen LogP contribution in [0.25, 0.3) is 5.69 Å². The first kappa shape index (κ1) is 19.9. The lowest BCUT2D eigenvalue weighted by atomic mass is 10.1. The molecular weight excluding hydrogens is 400 g/mol. The van der Waals surface area contributed by atoms with Crippen molar-refractivity contribution in [3.8, 4) is 17.5 Å². The van der Waals surface area contributed by atoms with Gasteiger partial charge in [0.05, 0.1) is 22.8 Å².